The Morgan fingerprint density at radius 3 is 2.09 bits per heavy atom. The summed E-state index contributed by atoms with van der Waals surface area (Å²) in [7, 11) is 0. The van der Waals surface area contributed by atoms with Gasteiger partial charge in [0, 0.05) is 6.42 Å². The van der Waals surface area contributed by atoms with Gasteiger partial charge in [-0.1, -0.05) is 38.1 Å². The molecule has 0 saturated heterocycles. The van der Waals surface area contributed by atoms with Gasteiger partial charge in [-0.05, 0) is 47.7 Å². The van der Waals surface area contributed by atoms with Gasteiger partial charge in [0.05, 0.1) is 11.6 Å². The molecule has 0 radical (unpaired) electrons. The third kappa shape index (κ3) is 4.46. The molecule has 3 nitrogen and oxygen atoms in total. The fraction of sp³-hybridized carbons (Fsp3) is 0.263. The van der Waals surface area contributed by atoms with Crippen molar-refractivity contribution in [2.75, 3.05) is 0 Å². The fourth-order valence-electron chi connectivity index (χ4n) is 2.04. The van der Waals surface area contributed by atoms with Crippen LogP contribution in [0, 0.1) is 17.2 Å². The highest BCUT2D eigenvalue weighted by Crippen LogP contribution is 2.23. The molecule has 0 heterocycles. The summed E-state index contributed by atoms with van der Waals surface area (Å²) < 4.78 is 5.31. The number of hydrogen-bond donors (Lipinski definition) is 0. The highest BCUT2D eigenvalue weighted by atomic mass is 16.5. The Hall–Kier alpha value is -2.60. The molecule has 0 saturated carbocycles. The van der Waals surface area contributed by atoms with Crippen LogP contribution < -0.4 is 4.74 Å². The molecule has 2 rings (SSSR count). The molecule has 22 heavy (non-hydrogen) atoms. The third-order valence-corrected chi connectivity index (χ3v) is 3.36. The van der Waals surface area contributed by atoms with E-state index in [1.54, 1.807) is 24.3 Å². The highest BCUT2D eigenvalue weighted by molar-refractivity contribution is 5.73. The molecule has 0 aliphatic carbocycles. The molecule has 0 N–H and O–H groups in total. The number of nitrogens with zero attached hydrogens (tertiary/aromatic N) is 1. The first-order valence-corrected chi connectivity index (χ1v) is 7.40. The maximum atomic E-state index is 11.7. The van der Waals surface area contributed by atoms with E-state index in [-0.39, 0.29) is 5.97 Å². The molecule has 2 aromatic rings. The van der Waals surface area contributed by atoms with Crippen LogP contribution in [0.15, 0.2) is 48.5 Å². The Balaban J connectivity index is 2.00. The van der Waals surface area contributed by atoms with E-state index < -0.39 is 0 Å². The normalized spacial score (nSPS) is 10.3. The van der Waals surface area contributed by atoms with Crippen molar-refractivity contribution in [2.45, 2.75) is 26.7 Å². The number of esters is 1. The average molecular weight is 293 g/mol. The van der Waals surface area contributed by atoms with Gasteiger partial charge in [0.1, 0.15) is 5.75 Å². The zero-order chi connectivity index (χ0) is 15.9. The SMILES string of the molecule is CC(C)CCC(=O)Oc1ccc(-c2ccc(C#N)cc2)cc1. The van der Waals surface area contributed by atoms with Crippen molar-refractivity contribution >= 4 is 5.97 Å². The van der Waals surface area contributed by atoms with Gasteiger partial charge < -0.3 is 4.74 Å². The summed E-state index contributed by atoms with van der Waals surface area (Å²) in [5.74, 6) is 0.859. The predicted molar refractivity (Wildman–Crippen MR) is 86.3 cm³/mol. The Morgan fingerprint density at radius 1 is 1.05 bits per heavy atom. The van der Waals surface area contributed by atoms with Crippen LogP contribution in [0.5, 0.6) is 5.75 Å². The zero-order valence-corrected chi connectivity index (χ0v) is 12.9. The summed E-state index contributed by atoms with van der Waals surface area (Å²) in [5, 5.41) is 8.80. The van der Waals surface area contributed by atoms with Gasteiger partial charge in [0.2, 0.25) is 0 Å². The quantitative estimate of drug-likeness (QED) is 0.599. The van der Waals surface area contributed by atoms with Crippen LogP contribution in [0.4, 0.5) is 0 Å². The van der Waals surface area contributed by atoms with Crippen LogP contribution in [0.3, 0.4) is 0 Å². The van der Waals surface area contributed by atoms with E-state index in [9.17, 15) is 4.79 Å². The van der Waals surface area contributed by atoms with Gasteiger partial charge in [-0.3, -0.25) is 4.79 Å². The Bertz CT molecular complexity index is 664. The summed E-state index contributed by atoms with van der Waals surface area (Å²) in [5.41, 5.74) is 2.68. The van der Waals surface area contributed by atoms with E-state index >= 15 is 0 Å². The molecule has 0 atom stereocenters. The van der Waals surface area contributed by atoms with E-state index in [1.165, 1.54) is 0 Å². The molecule has 0 unspecified atom stereocenters. The largest absolute Gasteiger partial charge is 0.427 e. The Morgan fingerprint density at radius 2 is 1.59 bits per heavy atom. The second kappa shape index (κ2) is 7.42. The smallest absolute Gasteiger partial charge is 0.311 e. The van der Waals surface area contributed by atoms with Gasteiger partial charge in [0.15, 0.2) is 0 Å². The first kappa shape index (κ1) is 15.8. The first-order valence-electron chi connectivity index (χ1n) is 7.40. The predicted octanol–water partition coefficient (Wildman–Crippen LogP) is 4.57. The highest BCUT2D eigenvalue weighted by Gasteiger charge is 2.06. The molecule has 0 aromatic heterocycles. The lowest BCUT2D eigenvalue weighted by molar-refractivity contribution is -0.134. The van der Waals surface area contributed by atoms with Crippen LogP contribution in [-0.2, 0) is 4.79 Å². The lowest BCUT2D eigenvalue weighted by atomic mass is 10.0. The van der Waals surface area contributed by atoms with Gasteiger partial charge >= 0.3 is 5.97 Å². The number of nitriles is 1. The van der Waals surface area contributed by atoms with Crippen LogP contribution in [0.25, 0.3) is 11.1 Å². The lowest BCUT2D eigenvalue weighted by Gasteiger charge is -2.07. The van der Waals surface area contributed by atoms with E-state index in [0.717, 1.165) is 17.5 Å². The minimum Gasteiger partial charge on any atom is -0.427 e. The second-order valence-electron chi connectivity index (χ2n) is 5.62. The second-order valence-corrected chi connectivity index (χ2v) is 5.62. The van der Waals surface area contributed by atoms with E-state index in [2.05, 4.69) is 19.9 Å². The first-order chi connectivity index (χ1) is 10.6. The van der Waals surface area contributed by atoms with Crippen LogP contribution >= 0.6 is 0 Å². The maximum absolute atomic E-state index is 11.7. The third-order valence-electron chi connectivity index (χ3n) is 3.36. The van der Waals surface area contributed by atoms with Gasteiger partial charge in [-0.2, -0.15) is 5.26 Å². The fourth-order valence-corrected chi connectivity index (χ4v) is 2.04. The molecule has 0 aliphatic rings. The molecule has 112 valence electrons. The van der Waals surface area contributed by atoms with E-state index in [1.807, 2.05) is 24.3 Å². The molecule has 0 spiro atoms. The average Bonchev–Trinajstić information content (AvgIpc) is 2.54. The number of carbonyl (C=O) groups excluding carboxylic acids is 1. The van der Waals surface area contributed by atoms with Crippen molar-refractivity contribution in [3.05, 3.63) is 54.1 Å². The number of benzene rings is 2. The molecule has 0 fully saturated rings. The van der Waals surface area contributed by atoms with Crippen molar-refractivity contribution in [3.8, 4) is 22.9 Å². The minimum absolute atomic E-state index is 0.195. The molecule has 0 bridgehead atoms. The van der Waals surface area contributed by atoms with Crippen molar-refractivity contribution in [3.63, 3.8) is 0 Å². The number of rotatable bonds is 5. The number of hydrogen-bond acceptors (Lipinski definition) is 3. The van der Waals surface area contributed by atoms with Gasteiger partial charge in [-0.15, -0.1) is 0 Å². The summed E-state index contributed by atoms with van der Waals surface area (Å²) in [6.45, 7) is 4.17. The van der Waals surface area contributed by atoms with E-state index in [4.69, 9.17) is 10.00 Å². The van der Waals surface area contributed by atoms with Crippen LogP contribution in [-0.4, -0.2) is 5.97 Å². The topological polar surface area (TPSA) is 50.1 Å². The molecule has 0 amide bonds. The van der Waals surface area contributed by atoms with Crippen molar-refractivity contribution in [2.24, 2.45) is 5.92 Å². The standard InChI is InChI=1S/C19H19NO2/c1-14(2)3-12-19(21)22-18-10-8-17(9-11-18)16-6-4-15(13-20)5-7-16/h4-11,14H,3,12H2,1-2H3. The summed E-state index contributed by atoms with van der Waals surface area (Å²) in [6, 6.07) is 16.9. The Labute approximate surface area is 131 Å². The molecular weight excluding hydrogens is 274 g/mol. The van der Waals surface area contributed by atoms with Crippen LogP contribution in [0.2, 0.25) is 0 Å². The summed E-state index contributed by atoms with van der Waals surface area (Å²) in [4.78, 5) is 11.7. The summed E-state index contributed by atoms with van der Waals surface area (Å²) >= 11 is 0. The number of carbonyl (C=O) groups is 1. The molecule has 0 aliphatic heterocycles. The van der Waals surface area contributed by atoms with Crippen molar-refractivity contribution in [1.29, 1.82) is 5.26 Å². The minimum atomic E-state index is -0.195. The van der Waals surface area contributed by atoms with E-state index in [0.29, 0.717) is 23.7 Å². The number of ether oxygens (including phenoxy) is 1. The molecular formula is C19H19NO2. The summed E-state index contributed by atoms with van der Waals surface area (Å²) in [6.07, 6.45) is 1.27. The Kier molecular flexibility index (Phi) is 5.32. The van der Waals surface area contributed by atoms with Gasteiger partial charge in [0.25, 0.3) is 0 Å². The lowest BCUT2D eigenvalue weighted by Crippen LogP contribution is -2.08. The van der Waals surface area contributed by atoms with Gasteiger partial charge in [-0.25, -0.2) is 0 Å². The zero-order valence-electron chi connectivity index (χ0n) is 12.9. The van der Waals surface area contributed by atoms with Crippen molar-refractivity contribution < 1.29 is 9.53 Å². The molecule has 3 heteroatoms. The van der Waals surface area contributed by atoms with Crippen LogP contribution in [0.1, 0.15) is 32.3 Å². The monoisotopic (exact) mass is 293 g/mol. The maximum Gasteiger partial charge on any atom is 0.311 e. The van der Waals surface area contributed by atoms with Crippen molar-refractivity contribution in [1.82, 2.24) is 0 Å². The molecule has 2 aromatic carbocycles.